The normalized spacial score (nSPS) is 21.8. The fraction of sp³-hybridized carbons (Fsp3) is 0.900. The minimum absolute atomic E-state index is 0.0802. The van der Waals surface area contributed by atoms with Crippen LogP contribution in [0.5, 0.6) is 0 Å². The lowest BCUT2D eigenvalue weighted by Gasteiger charge is -2.23. The van der Waals surface area contributed by atoms with Crippen LogP contribution in [0.3, 0.4) is 0 Å². The average Bonchev–Trinajstić information content (AvgIpc) is 2.20. The number of piperidine rings is 1. The predicted octanol–water partition coefficient (Wildman–Crippen LogP) is -0.321. The van der Waals surface area contributed by atoms with Crippen molar-refractivity contribution < 1.29 is 13.2 Å². The standard InChI is InChI=1S/C10H20N2O3S/c1-2-6-16(14,15)7-5-11-9-3-4-10(13)12-8-9/h9,11H,2-8H2,1H3,(H,12,13). The topological polar surface area (TPSA) is 75.3 Å². The molecule has 1 unspecified atom stereocenters. The first-order valence-electron chi connectivity index (χ1n) is 5.74. The van der Waals surface area contributed by atoms with Crippen LogP contribution in [-0.4, -0.2) is 45.0 Å². The number of hydrogen-bond donors (Lipinski definition) is 2. The highest BCUT2D eigenvalue weighted by Crippen LogP contribution is 2.02. The van der Waals surface area contributed by atoms with Crippen LogP contribution < -0.4 is 10.6 Å². The summed E-state index contributed by atoms with van der Waals surface area (Å²) < 4.78 is 22.8. The van der Waals surface area contributed by atoms with Gasteiger partial charge in [-0.25, -0.2) is 8.42 Å². The van der Waals surface area contributed by atoms with Crippen molar-refractivity contribution in [1.29, 1.82) is 0 Å². The molecule has 0 aliphatic carbocycles. The molecular formula is C10H20N2O3S. The number of amides is 1. The zero-order chi connectivity index (χ0) is 12.0. The highest BCUT2D eigenvalue weighted by molar-refractivity contribution is 7.91. The summed E-state index contributed by atoms with van der Waals surface area (Å²) in [5.74, 6) is 0.526. The molecule has 1 saturated heterocycles. The molecule has 1 amide bonds. The Labute approximate surface area is 96.9 Å². The van der Waals surface area contributed by atoms with Crippen molar-refractivity contribution in [2.75, 3.05) is 24.6 Å². The summed E-state index contributed by atoms with van der Waals surface area (Å²) in [6, 6.07) is 0.217. The maximum absolute atomic E-state index is 11.4. The van der Waals surface area contributed by atoms with E-state index in [4.69, 9.17) is 0 Å². The van der Waals surface area contributed by atoms with Gasteiger partial charge in [0, 0.05) is 31.3 Å². The summed E-state index contributed by atoms with van der Waals surface area (Å²) in [4.78, 5) is 10.9. The second-order valence-corrected chi connectivity index (χ2v) is 6.45. The van der Waals surface area contributed by atoms with Gasteiger partial charge in [0.15, 0.2) is 9.84 Å². The van der Waals surface area contributed by atoms with Crippen molar-refractivity contribution in [2.45, 2.75) is 32.2 Å². The molecule has 16 heavy (non-hydrogen) atoms. The minimum Gasteiger partial charge on any atom is -0.355 e. The summed E-state index contributed by atoms with van der Waals surface area (Å²) in [6.07, 6.45) is 1.99. The van der Waals surface area contributed by atoms with Gasteiger partial charge < -0.3 is 10.6 Å². The molecule has 0 bridgehead atoms. The number of nitrogens with one attached hydrogen (secondary N) is 2. The Balaban J connectivity index is 2.18. The lowest BCUT2D eigenvalue weighted by Crippen LogP contribution is -2.46. The van der Waals surface area contributed by atoms with E-state index in [1.54, 1.807) is 0 Å². The van der Waals surface area contributed by atoms with E-state index in [-0.39, 0.29) is 23.5 Å². The van der Waals surface area contributed by atoms with Crippen LogP contribution in [0.2, 0.25) is 0 Å². The average molecular weight is 248 g/mol. The number of carbonyl (C=O) groups is 1. The molecule has 0 aromatic heterocycles. The molecule has 0 aromatic carbocycles. The Morgan fingerprint density at radius 3 is 2.75 bits per heavy atom. The second-order valence-electron chi connectivity index (χ2n) is 4.15. The van der Waals surface area contributed by atoms with Gasteiger partial charge in [0.1, 0.15) is 0 Å². The second kappa shape index (κ2) is 6.20. The van der Waals surface area contributed by atoms with E-state index in [1.807, 2.05) is 6.92 Å². The van der Waals surface area contributed by atoms with Gasteiger partial charge in [-0.3, -0.25) is 4.79 Å². The Kier molecular flexibility index (Phi) is 5.21. The third kappa shape index (κ3) is 4.94. The third-order valence-electron chi connectivity index (χ3n) is 2.63. The Bertz CT molecular complexity index is 317. The van der Waals surface area contributed by atoms with E-state index in [2.05, 4.69) is 10.6 Å². The zero-order valence-corrected chi connectivity index (χ0v) is 10.5. The van der Waals surface area contributed by atoms with Crippen molar-refractivity contribution in [3.63, 3.8) is 0 Å². The number of hydrogen-bond acceptors (Lipinski definition) is 4. The molecule has 1 fully saturated rings. The Hall–Kier alpha value is -0.620. The van der Waals surface area contributed by atoms with E-state index < -0.39 is 9.84 Å². The first kappa shape index (κ1) is 13.4. The lowest BCUT2D eigenvalue weighted by atomic mass is 10.1. The van der Waals surface area contributed by atoms with Gasteiger partial charge in [0.25, 0.3) is 0 Å². The minimum atomic E-state index is -2.89. The van der Waals surface area contributed by atoms with Crippen molar-refractivity contribution in [3.8, 4) is 0 Å². The van der Waals surface area contributed by atoms with E-state index >= 15 is 0 Å². The summed E-state index contributed by atoms with van der Waals surface area (Å²) in [6.45, 7) is 2.94. The molecule has 0 saturated carbocycles. The van der Waals surface area contributed by atoms with Crippen LogP contribution in [0.1, 0.15) is 26.2 Å². The first-order valence-corrected chi connectivity index (χ1v) is 7.56. The van der Waals surface area contributed by atoms with E-state index in [9.17, 15) is 13.2 Å². The molecule has 2 N–H and O–H groups in total. The number of rotatable bonds is 6. The summed E-state index contributed by atoms with van der Waals surface area (Å²) in [7, 11) is -2.89. The number of carbonyl (C=O) groups excluding carboxylic acids is 1. The highest BCUT2D eigenvalue weighted by Gasteiger charge is 2.18. The number of sulfone groups is 1. The van der Waals surface area contributed by atoms with Crippen molar-refractivity contribution in [2.24, 2.45) is 0 Å². The van der Waals surface area contributed by atoms with Crippen LogP contribution >= 0.6 is 0 Å². The quantitative estimate of drug-likeness (QED) is 0.675. The molecule has 1 heterocycles. The van der Waals surface area contributed by atoms with Crippen LogP contribution in [0.15, 0.2) is 0 Å². The molecule has 1 aliphatic rings. The van der Waals surface area contributed by atoms with Crippen molar-refractivity contribution in [3.05, 3.63) is 0 Å². The third-order valence-corrected chi connectivity index (χ3v) is 4.48. The predicted molar refractivity (Wildman–Crippen MR) is 63.0 cm³/mol. The Morgan fingerprint density at radius 1 is 1.44 bits per heavy atom. The lowest BCUT2D eigenvalue weighted by molar-refractivity contribution is -0.122. The van der Waals surface area contributed by atoms with E-state index in [0.29, 0.717) is 25.9 Å². The summed E-state index contributed by atoms with van der Waals surface area (Å²) >= 11 is 0. The molecule has 94 valence electrons. The van der Waals surface area contributed by atoms with Gasteiger partial charge in [0.2, 0.25) is 5.91 Å². The monoisotopic (exact) mass is 248 g/mol. The van der Waals surface area contributed by atoms with Crippen LogP contribution in [0, 0.1) is 0 Å². The van der Waals surface area contributed by atoms with Gasteiger partial charge in [-0.15, -0.1) is 0 Å². The van der Waals surface area contributed by atoms with Gasteiger partial charge >= 0.3 is 0 Å². The van der Waals surface area contributed by atoms with Gasteiger partial charge in [0.05, 0.1) is 5.75 Å². The highest BCUT2D eigenvalue weighted by atomic mass is 32.2. The van der Waals surface area contributed by atoms with Gasteiger partial charge in [-0.1, -0.05) is 6.92 Å². The fourth-order valence-corrected chi connectivity index (χ4v) is 2.99. The van der Waals surface area contributed by atoms with Crippen molar-refractivity contribution >= 4 is 15.7 Å². The summed E-state index contributed by atoms with van der Waals surface area (Å²) in [5.41, 5.74) is 0. The first-order chi connectivity index (χ1) is 7.53. The molecule has 0 spiro atoms. The van der Waals surface area contributed by atoms with Crippen LogP contribution in [-0.2, 0) is 14.6 Å². The van der Waals surface area contributed by atoms with Gasteiger partial charge in [-0.2, -0.15) is 0 Å². The van der Waals surface area contributed by atoms with E-state index in [1.165, 1.54) is 0 Å². The van der Waals surface area contributed by atoms with Gasteiger partial charge in [-0.05, 0) is 12.8 Å². The van der Waals surface area contributed by atoms with Crippen molar-refractivity contribution in [1.82, 2.24) is 10.6 Å². The largest absolute Gasteiger partial charge is 0.355 e. The molecule has 1 aliphatic heterocycles. The molecule has 0 radical (unpaired) electrons. The molecule has 1 rings (SSSR count). The Morgan fingerprint density at radius 2 is 2.19 bits per heavy atom. The molecular weight excluding hydrogens is 228 g/mol. The maximum Gasteiger partial charge on any atom is 0.220 e. The van der Waals surface area contributed by atoms with Crippen LogP contribution in [0.25, 0.3) is 0 Å². The zero-order valence-electron chi connectivity index (χ0n) is 9.66. The molecule has 5 nitrogen and oxygen atoms in total. The fourth-order valence-electron chi connectivity index (χ4n) is 1.74. The molecule has 1 atom stereocenters. The SMILES string of the molecule is CCCS(=O)(=O)CCNC1CCC(=O)NC1. The molecule has 6 heteroatoms. The molecule has 0 aromatic rings. The van der Waals surface area contributed by atoms with E-state index in [0.717, 1.165) is 6.42 Å². The maximum atomic E-state index is 11.4. The summed E-state index contributed by atoms with van der Waals surface area (Å²) in [5, 5.41) is 5.92. The smallest absolute Gasteiger partial charge is 0.220 e. The van der Waals surface area contributed by atoms with Crippen LogP contribution in [0.4, 0.5) is 0 Å².